The number of thioether (sulfide) groups is 1. The van der Waals surface area contributed by atoms with E-state index in [1.807, 2.05) is 13.0 Å². The largest absolute Gasteiger partial charge is 0.360 e. The molecule has 2 aromatic heterocycles. The van der Waals surface area contributed by atoms with Gasteiger partial charge in [-0.15, -0.1) is 0 Å². The molecule has 32 heavy (non-hydrogen) atoms. The lowest BCUT2D eigenvalue weighted by Gasteiger charge is -2.09. The summed E-state index contributed by atoms with van der Waals surface area (Å²) < 4.78 is 32.0. The van der Waals surface area contributed by atoms with Crippen LogP contribution in [0.1, 0.15) is 30.4 Å². The molecule has 0 saturated carbocycles. The van der Waals surface area contributed by atoms with Crippen molar-refractivity contribution in [3.8, 4) is 6.07 Å². The molecule has 1 amide bonds. The first-order valence-corrected chi connectivity index (χ1v) is 12.2. The number of pyridine rings is 1. The number of nitrogens with one attached hydrogen (secondary N) is 2. The predicted molar refractivity (Wildman–Crippen MR) is 121 cm³/mol. The fourth-order valence-corrected chi connectivity index (χ4v) is 4.50. The van der Waals surface area contributed by atoms with Crippen LogP contribution in [0.15, 0.2) is 56.9 Å². The van der Waals surface area contributed by atoms with Gasteiger partial charge in [-0.3, -0.25) is 9.52 Å². The third kappa shape index (κ3) is 6.09. The van der Waals surface area contributed by atoms with Crippen LogP contribution in [0.2, 0.25) is 0 Å². The number of hydrogen-bond donors (Lipinski definition) is 2. The molecular formula is C21H21N5O4S2. The van der Waals surface area contributed by atoms with Gasteiger partial charge < -0.3 is 9.84 Å². The van der Waals surface area contributed by atoms with Gasteiger partial charge in [0.15, 0.2) is 5.82 Å². The Morgan fingerprint density at radius 1 is 1.22 bits per heavy atom. The van der Waals surface area contributed by atoms with Crippen LogP contribution in [0.3, 0.4) is 0 Å². The predicted octanol–water partition coefficient (Wildman–Crippen LogP) is 3.73. The summed E-state index contributed by atoms with van der Waals surface area (Å²) in [6, 6.07) is 12.8. The van der Waals surface area contributed by atoms with E-state index in [4.69, 9.17) is 4.52 Å². The number of hydrogen-bond acceptors (Lipinski definition) is 8. The molecule has 0 fully saturated rings. The summed E-state index contributed by atoms with van der Waals surface area (Å²) in [5.74, 6) is 0.330. The number of aryl methyl sites for hydroxylation is 2. The zero-order chi connectivity index (χ0) is 23.1. The Morgan fingerprint density at radius 3 is 2.59 bits per heavy atom. The number of sulfonamides is 1. The normalized spacial score (nSPS) is 11.0. The Bertz CT molecular complexity index is 1250. The Labute approximate surface area is 190 Å². The van der Waals surface area contributed by atoms with Gasteiger partial charge in [-0.05, 0) is 49.7 Å². The van der Waals surface area contributed by atoms with E-state index in [9.17, 15) is 18.5 Å². The lowest BCUT2D eigenvalue weighted by atomic mass is 10.2. The van der Waals surface area contributed by atoms with Crippen molar-refractivity contribution in [3.05, 3.63) is 59.5 Å². The minimum absolute atomic E-state index is 0.0149. The summed E-state index contributed by atoms with van der Waals surface area (Å²) in [5, 5.41) is 16.1. The van der Waals surface area contributed by atoms with Gasteiger partial charge in [0, 0.05) is 17.4 Å². The van der Waals surface area contributed by atoms with Crippen molar-refractivity contribution in [1.29, 1.82) is 5.26 Å². The second kappa shape index (κ2) is 10.3. The molecule has 0 aliphatic carbocycles. The van der Waals surface area contributed by atoms with Gasteiger partial charge in [-0.2, -0.15) is 5.26 Å². The number of aromatic nitrogens is 2. The third-order valence-corrected chi connectivity index (χ3v) is 6.56. The molecule has 0 aliphatic heterocycles. The number of nitrogens with zero attached hydrogens (tertiary/aromatic N) is 3. The Morgan fingerprint density at radius 2 is 1.97 bits per heavy atom. The number of benzene rings is 1. The highest BCUT2D eigenvalue weighted by Gasteiger charge is 2.16. The topological polar surface area (TPSA) is 138 Å². The monoisotopic (exact) mass is 471 g/mol. The minimum Gasteiger partial charge on any atom is -0.360 e. The maximum Gasteiger partial charge on any atom is 0.263 e. The van der Waals surface area contributed by atoms with Crippen LogP contribution in [0.4, 0.5) is 11.5 Å². The quantitative estimate of drug-likeness (QED) is 0.450. The number of nitriles is 1. The van der Waals surface area contributed by atoms with Gasteiger partial charge in [0.1, 0.15) is 16.9 Å². The zero-order valence-corrected chi connectivity index (χ0v) is 19.1. The van der Waals surface area contributed by atoms with E-state index >= 15 is 0 Å². The molecule has 2 N–H and O–H groups in total. The van der Waals surface area contributed by atoms with E-state index in [-0.39, 0.29) is 22.4 Å². The van der Waals surface area contributed by atoms with Crippen LogP contribution in [-0.2, 0) is 21.2 Å². The van der Waals surface area contributed by atoms with Crippen LogP contribution in [0, 0.1) is 18.3 Å². The van der Waals surface area contributed by atoms with Gasteiger partial charge in [-0.25, -0.2) is 13.4 Å². The smallest absolute Gasteiger partial charge is 0.263 e. The fraction of sp³-hybridized carbons (Fsp3) is 0.238. The second-order valence-corrected chi connectivity index (χ2v) is 9.45. The van der Waals surface area contributed by atoms with Crippen molar-refractivity contribution in [3.63, 3.8) is 0 Å². The number of anilines is 2. The van der Waals surface area contributed by atoms with Crippen LogP contribution in [0.25, 0.3) is 0 Å². The lowest BCUT2D eigenvalue weighted by molar-refractivity contribution is -0.113. The van der Waals surface area contributed by atoms with Gasteiger partial charge in [0.2, 0.25) is 5.91 Å². The van der Waals surface area contributed by atoms with Crippen LogP contribution >= 0.6 is 11.8 Å². The summed E-state index contributed by atoms with van der Waals surface area (Å²) in [6.07, 6.45) is 1.73. The highest BCUT2D eigenvalue weighted by Crippen LogP contribution is 2.22. The number of carbonyl (C=O) groups excluding carboxylic acids is 1. The highest BCUT2D eigenvalue weighted by atomic mass is 32.2. The van der Waals surface area contributed by atoms with Crippen LogP contribution < -0.4 is 10.0 Å². The number of amides is 1. The first kappa shape index (κ1) is 23.3. The van der Waals surface area contributed by atoms with E-state index < -0.39 is 10.0 Å². The number of carbonyl (C=O) groups is 1. The lowest BCUT2D eigenvalue weighted by Crippen LogP contribution is -2.15. The Kier molecular flexibility index (Phi) is 7.50. The molecule has 0 aliphatic rings. The maximum atomic E-state index is 12.4. The van der Waals surface area contributed by atoms with Crippen LogP contribution in [0.5, 0.6) is 0 Å². The summed E-state index contributed by atoms with van der Waals surface area (Å²) in [7, 11) is -3.84. The maximum absolute atomic E-state index is 12.4. The van der Waals surface area contributed by atoms with Crippen LogP contribution in [-0.4, -0.2) is 30.2 Å². The minimum atomic E-state index is -3.84. The number of rotatable bonds is 9. The van der Waals surface area contributed by atoms with E-state index in [1.165, 1.54) is 42.1 Å². The van der Waals surface area contributed by atoms with E-state index in [2.05, 4.69) is 26.2 Å². The molecule has 0 saturated heterocycles. The van der Waals surface area contributed by atoms with E-state index in [0.717, 1.165) is 18.5 Å². The van der Waals surface area contributed by atoms with Gasteiger partial charge in [0.25, 0.3) is 10.0 Å². The van der Waals surface area contributed by atoms with Crippen molar-refractivity contribution >= 4 is 39.2 Å². The summed E-state index contributed by atoms with van der Waals surface area (Å²) in [4.78, 5) is 16.8. The SMILES string of the molecule is CCCc1ccc(C#N)c(SCC(=O)Nc2ccc(S(=O)(=O)Nc3cc(C)on3)cc2)n1. The van der Waals surface area contributed by atoms with Crippen molar-refractivity contribution in [2.45, 2.75) is 36.6 Å². The van der Waals surface area contributed by atoms with Gasteiger partial charge >= 0.3 is 0 Å². The first-order chi connectivity index (χ1) is 15.3. The first-order valence-electron chi connectivity index (χ1n) is 9.69. The molecule has 2 heterocycles. The molecule has 0 bridgehead atoms. The average Bonchev–Trinajstić information content (AvgIpc) is 3.17. The van der Waals surface area contributed by atoms with Gasteiger partial charge in [-0.1, -0.05) is 30.3 Å². The van der Waals surface area contributed by atoms with Crippen molar-refractivity contribution < 1.29 is 17.7 Å². The van der Waals surface area contributed by atoms with E-state index in [0.29, 0.717) is 22.0 Å². The molecule has 9 nitrogen and oxygen atoms in total. The fourth-order valence-electron chi connectivity index (χ4n) is 2.73. The molecule has 0 unspecified atom stereocenters. The molecule has 11 heteroatoms. The summed E-state index contributed by atoms with van der Waals surface area (Å²) in [5.41, 5.74) is 1.74. The van der Waals surface area contributed by atoms with E-state index in [1.54, 1.807) is 13.0 Å². The molecule has 3 aromatic rings. The second-order valence-electron chi connectivity index (χ2n) is 6.81. The molecule has 1 aromatic carbocycles. The summed E-state index contributed by atoms with van der Waals surface area (Å²) >= 11 is 1.18. The molecule has 0 spiro atoms. The average molecular weight is 472 g/mol. The summed E-state index contributed by atoms with van der Waals surface area (Å²) in [6.45, 7) is 3.70. The molecule has 3 rings (SSSR count). The third-order valence-electron chi connectivity index (χ3n) is 4.20. The standard InChI is InChI=1S/C21H21N5O4S2/c1-3-4-16-6-5-15(12-22)21(24-16)31-13-20(27)23-17-7-9-18(10-8-17)32(28,29)26-19-11-14(2)30-25-19/h5-11H,3-4,13H2,1-2H3,(H,23,27)(H,25,26). The highest BCUT2D eigenvalue weighted by molar-refractivity contribution is 8.00. The molecule has 0 radical (unpaired) electrons. The van der Waals surface area contributed by atoms with Crippen molar-refractivity contribution in [2.75, 3.05) is 15.8 Å². The van der Waals surface area contributed by atoms with Crippen molar-refractivity contribution in [1.82, 2.24) is 10.1 Å². The molecular weight excluding hydrogens is 450 g/mol. The molecule has 0 atom stereocenters. The zero-order valence-electron chi connectivity index (χ0n) is 17.5. The Balaban J connectivity index is 1.60. The molecule has 166 valence electrons. The van der Waals surface area contributed by atoms with Gasteiger partial charge in [0.05, 0.1) is 16.2 Å². The van der Waals surface area contributed by atoms with Crippen molar-refractivity contribution in [2.24, 2.45) is 0 Å². The Hall–Kier alpha value is -3.36.